The van der Waals surface area contributed by atoms with Crippen LogP contribution in [0.1, 0.15) is 32.6 Å². The zero-order valence-electron chi connectivity index (χ0n) is 19.1. The minimum atomic E-state index is -0.496. The van der Waals surface area contributed by atoms with Gasteiger partial charge in [-0.1, -0.05) is 0 Å². The molecule has 1 fully saturated rings. The Labute approximate surface area is 196 Å². The largest absolute Gasteiger partial charge is 0.507 e. The van der Waals surface area contributed by atoms with Crippen LogP contribution in [0.25, 0.3) is 22.3 Å². The predicted octanol–water partition coefficient (Wildman–Crippen LogP) is 3.94. The van der Waals surface area contributed by atoms with E-state index in [-0.39, 0.29) is 35.2 Å². The number of amides is 1. The molecule has 0 aliphatic heterocycles. The molecule has 0 spiro atoms. The Kier molecular flexibility index (Phi) is 7.22. The number of fused-ring (bicyclic) bond motifs is 1. The summed E-state index contributed by atoms with van der Waals surface area (Å²) in [7, 11) is 1.58. The van der Waals surface area contributed by atoms with E-state index in [0.29, 0.717) is 29.4 Å². The van der Waals surface area contributed by atoms with Gasteiger partial charge in [-0.05, 0) is 50.8 Å². The van der Waals surface area contributed by atoms with E-state index in [1.54, 1.807) is 32.2 Å². The number of carbonyl (C=O) groups excluding carboxylic acids is 1. The summed E-state index contributed by atoms with van der Waals surface area (Å²) in [6.07, 6.45) is 4.37. The van der Waals surface area contributed by atoms with Crippen LogP contribution >= 0.6 is 0 Å². The van der Waals surface area contributed by atoms with Crippen LogP contribution in [0.5, 0.6) is 23.0 Å². The van der Waals surface area contributed by atoms with Gasteiger partial charge in [0, 0.05) is 23.8 Å². The van der Waals surface area contributed by atoms with Crippen molar-refractivity contribution >= 4 is 16.9 Å². The summed E-state index contributed by atoms with van der Waals surface area (Å²) in [6, 6.07) is 9.33. The van der Waals surface area contributed by atoms with Crippen LogP contribution in [0, 0.1) is 0 Å². The SMILES string of the molecule is CCONC(=O)COc1cc(O)c2c(=O)cc(-c3ccc(OC)c(OC4CCCC4)c3)oc2c1. The van der Waals surface area contributed by atoms with Crippen LogP contribution in [0.2, 0.25) is 0 Å². The Hall–Kier alpha value is -3.72. The lowest BCUT2D eigenvalue weighted by atomic mass is 10.1. The Morgan fingerprint density at radius 1 is 1.15 bits per heavy atom. The molecule has 1 saturated carbocycles. The van der Waals surface area contributed by atoms with Gasteiger partial charge in [0.2, 0.25) is 0 Å². The van der Waals surface area contributed by atoms with Gasteiger partial charge < -0.3 is 23.7 Å². The van der Waals surface area contributed by atoms with Crippen LogP contribution < -0.4 is 25.1 Å². The first-order valence-electron chi connectivity index (χ1n) is 11.2. The fourth-order valence-corrected chi connectivity index (χ4v) is 3.91. The van der Waals surface area contributed by atoms with Gasteiger partial charge in [0.25, 0.3) is 5.91 Å². The zero-order chi connectivity index (χ0) is 24.1. The summed E-state index contributed by atoms with van der Waals surface area (Å²) in [4.78, 5) is 29.3. The molecule has 0 unspecified atom stereocenters. The maximum absolute atomic E-state index is 12.8. The van der Waals surface area contributed by atoms with Gasteiger partial charge in [0.15, 0.2) is 23.5 Å². The Morgan fingerprint density at radius 2 is 1.94 bits per heavy atom. The molecule has 1 aliphatic rings. The molecule has 1 amide bonds. The number of aromatic hydroxyl groups is 1. The maximum Gasteiger partial charge on any atom is 0.281 e. The van der Waals surface area contributed by atoms with Gasteiger partial charge in [0.05, 0.1) is 19.8 Å². The molecule has 2 aromatic carbocycles. The summed E-state index contributed by atoms with van der Waals surface area (Å²) in [5, 5.41) is 10.4. The summed E-state index contributed by atoms with van der Waals surface area (Å²) in [6.45, 7) is 1.71. The molecule has 9 heteroatoms. The highest BCUT2D eigenvalue weighted by Crippen LogP contribution is 2.37. The maximum atomic E-state index is 12.8. The highest BCUT2D eigenvalue weighted by atomic mass is 16.7. The van der Waals surface area contributed by atoms with Crippen LogP contribution in [0.3, 0.4) is 0 Å². The Balaban J connectivity index is 1.65. The lowest BCUT2D eigenvalue weighted by molar-refractivity contribution is -0.135. The highest BCUT2D eigenvalue weighted by Gasteiger charge is 2.20. The molecule has 0 radical (unpaired) electrons. The molecular weight excluding hydrogens is 442 g/mol. The molecular formula is C25H27NO8. The van der Waals surface area contributed by atoms with E-state index in [0.717, 1.165) is 25.7 Å². The number of hydrogen-bond acceptors (Lipinski definition) is 8. The lowest BCUT2D eigenvalue weighted by Crippen LogP contribution is -2.28. The molecule has 3 aromatic rings. The number of ether oxygens (including phenoxy) is 3. The van der Waals surface area contributed by atoms with Crippen LogP contribution in [0.15, 0.2) is 45.6 Å². The second kappa shape index (κ2) is 10.5. The average molecular weight is 469 g/mol. The molecule has 180 valence electrons. The van der Waals surface area contributed by atoms with Gasteiger partial charge in [-0.15, -0.1) is 0 Å². The number of nitrogens with one attached hydrogen (secondary N) is 1. The van der Waals surface area contributed by atoms with Gasteiger partial charge in [-0.25, -0.2) is 5.48 Å². The number of benzene rings is 2. The first-order valence-corrected chi connectivity index (χ1v) is 11.2. The smallest absolute Gasteiger partial charge is 0.281 e. The highest BCUT2D eigenvalue weighted by molar-refractivity contribution is 5.86. The van der Waals surface area contributed by atoms with Crippen molar-refractivity contribution in [2.24, 2.45) is 0 Å². The Bertz CT molecular complexity index is 1230. The molecule has 9 nitrogen and oxygen atoms in total. The van der Waals surface area contributed by atoms with Crippen molar-refractivity contribution in [3.63, 3.8) is 0 Å². The summed E-state index contributed by atoms with van der Waals surface area (Å²) in [5.74, 6) is 0.828. The molecule has 4 rings (SSSR count). The van der Waals surface area contributed by atoms with Crippen molar-refractivity contribution in [2.45, 2.75) is 38.7 Å². The van der Waals surface area contributed by atoms with Crippen molar-refractivity contribution in [2.75, 3.05) is 20.3 Å². The van der Waals surface area contributed by atoms with Crippen LogP contribution in [-0.4, -0.2) is 37.4 Å². The fraction of sp³-hybridized carbons (Fsp3) is 0.360. The van der Waals surface area contributed by atoms with Crippen LogP contribution in [0.4, 0.5) is 0 Å². The van der Waals surface area contributed by atoms with E-state index in [9.17, 15) is 14.7 Å². The van der Waals surface area contributed by atoms with Crippen molar-refractivity contribution in [1.82, 2.24) is 5.48 Å². The number of carbonyl (C=O) groups is 1. The third kappa shape index (κ3) is 5.26. The molecule has 1 aliphatic carbocycles. The lowest BCUT2D eigenvalue weighted by Gasteiger charge is -2.17. The van der Waals surface area contributed by atoms with E-state index >= 15 is 0 Å². The first-order chi connectivity index (χ1) is 16.5. The molecule has 0 saturated heterocycles. The number of hydrogen-bond donors (Lipinski definition) is 2. The minimum Gasteiger partial charge on any atom is -0.507 e. The van der Waals surface area contributed by atoms with E-state index in [2.05, 4.69) is 5.48 Å². The van der Waals surface area contributed by atoms with E-state index in [1.165, 1.54) is 18.2 Å². The normalized spacial score (nSPS) is 13.7. The second-order valence-electron chi connectivity index (χ2n) is 7.93. The van der Waals surface area contributed by atoms with Crippen molar-refractivity contribution in [3.8, 4) is 34.3 Å². The number of phenolic OH excluding ortho intramolecular Hbond substituents is 1. The molecule has 2 N–H and O–H groups in total. The molecule has 0 atom stereocenters. The number of hydroxylamine groups is 1. The topological polar surface area (TPSA) is 116 Å². The van der Waals surface area contributed by atoms with Gasteiger partial charge in [-0.2, -0.15) is 0 Å². The number of methoxy groups -OCH3 is 1. The third-order valence-electron chi connectivity index (χ3n) is 5.53. The summed E-state index contributed by atoms with van der Waals surface area (Å²) >= 11 is 0. The third-order valence-corrected chi connectivity index (χ3v) is 5.53. The number of rotatable bonds is 9. The zero-order valence-corrected chi connectivity index (χ0v) is 19.1. The molecule has 34 heavy (non-hydrogen) atoms. The minimum absolute atomic E-state index is 0.0193. The predicted molar refractivity (Wildman–Crippen MR) is 124 cm³/mol. The number of phenols is 1. The molecule has 1 aromatic heterocycles. The molecule has 0 bridgehead atoms. The quantitative estimate of drug-likeness (QED) is 0.453. The van der Waals surface area contributed by atoms with Crippen molar-refractivity contribution in [1.29, 1.82) is 0 Å². The van der Waals surface area contributed by atoms with E-state index < -0.39 is 11.3 Å². The summed E-state index contributed by atoms with van der Waals surface area (Å²) in [5.41, 5.74) is 2.54. The summed E-state index contributed by atoms with van der Waals surface area (Å²) < 4.78 is 23.0. The van der Waals surface area contributed by atoms with Crippen LogP contribution in [-0.2, 0) is 9.63 Å². The van der Waals surface area contributed by atoms with Gasteiger partial charge in [-0.3, -0.25) is 14.4 Å². The average Bonchev–Trinajstić information content (AvgIpc) is 3.34. The molecule has 1 heterocycles. The van der Waals surface area contributed by atoms with Crippen molar-refractivity contribution in [3.05, 3.63) is 46.6 Å². The fourth-order valence-electron chi connectivity index (χ4n) is 3.91. The van der Waals surface area contributed by atoms with E-state index in [1.807, 2.05) is 0 Å². The second-order valence-corrected chi connectivity index (χ2v) is 7.93. The first kappa shape index (κ1) is 23.4. The van der Waals surface area contributed by atoms with E-state index in [4.69, 9.17) is 23.5 Å². The monoisotopic (exact) mass is 469 g/mol. The van der Waals surface area contributed by atoms with Crippen molar-refractivity contribution < 1.29 is 33.4 Å². The standard InChI is InChI=1S/C25H27NO8/c1-3-32-26-24(29)14-31-17-11-18(27)25-19(28)13-21(34-23(25)12-17)15-8-9-20(30-2)22(10-15)33-16-6-4-5-7-16/h8-13,16,27H,3-7,14H2,1-2H3,(H,26,29). The van der Waals surface area contributed by atoms with Gasteiger partial charge >= 0.3 is 0 Å². The van der Waals surface area contributed by atoms with Gasteiger partial charge in [0.1, 0.15) is 28.2 Å². The Morgan fingerprint density at radius 3 is 2.68 bits per heavy atom.